The van der Waals surface area contributed by atoms with Crippen molar-refractivity contribution in [1.82, 2.24) is 15.1 Å². The van der Waals surface area contributed by atoms with Crippen LogP contribution in [-0.2, 0) is 11.3 Å². The predicted octanol–water partition coefficient (Wildman–Crippen LogP) is 1.51. The Labute approximate surface area is 124 Å². The lowest BCUT2D eigenvalue weighted by Gasteiger charge is -2.14. The van der Waals surface area contributed by atoms with E-state index in [-0.39, 0.29) is 18.5 Å². The molecular weight excluding hydrogens is 268 g/mol. The van der Waals surface area contributed by atoms with Gasteiger partial charge in [-0.2, -0.15) is 5.10 Å². The number of nitrogens with one attached hydrogen (secondary N) is 2. The lowest BCUT2D eigenvalue weighted by Crippen LogP contribution is -2.36. The molecule has 0 aliphatic heterocycles. The lowest BCUT2D eigenvalue weighted by atomic mass is 10.3. The van der Waals surface area contributed by atoms with E-state index in [1.807, 2.05) is 42.1 Å². The molecule has 2 N–H and O–H groups in total. The van der Waals surface area contributed by atoms with Gasteiger partial charge < -0.3 is 15.4 Å². The van der Waals surface area contributed by atoms with Crippen LogP contribution < -0.4 is 15.4 Å². The Morgan fingerprint density at radius 3 is 3.00 bits per heavy atom. The van der Waals surface area contributed by atoms with Gasteiger partial charge in [0.1, 0.15) is 5.75 Å². The standard InChI is InChI=1S/C15H20N4O2/c1-12(11-19-8-4-7-17-19)16-10-15(20)18-13-5-3-6-14(9-13)21-2/h3-9,12,16H,10-11H2,1-2H3,(H,18,20). The Kier molecular flexibility index (Phi) is 5.34. The van der Waals surface area contributed by atoms with Gasteiger partial charge in [0.15, 0.2) is 0 Å². The second kappa shape index (κ2) is 7.44. The van der Waals surface area contributed by atoms with Crippen LogP contribution in [0.4, 0.5) is 5.69 Å². The van der Waals surface area contributed by atoms with Crippen molar-refractivity contribution in [3.05, 3.63) is 42.7 Å². The minimum absolute atomic E-state index is 0.0874. The number of nitrogens with zero attached hydrogens (tertiary/aromatic N) is 2. The summed E-state index contributed by atoms with van der Waals surface area (Å²) in [5.74, 6) is 0.628. The normalized spacial score (nSPS) is 11.9. The molecule has 0 aliphatic rings. The van der Waals surface area contributed by atoms with Gasteiger partial charge in [0.2, 0.25) is 5.91 Å². The molecular formula is C15H20N4O2. The Balaban J connectivity index is 1.76. The van der Waals surface area contributed by atoms with E-state index < -0.39 is 0 Å². The van der Waals surface area contributed by atoms with Crippen molar-refractivity contribution >= 4 is 11.6 Å². The maximum absolute atomic E-state index is 11.9. The van der Waals surface area contributed by atoms with Crippen molar-refractivity contribution < 1.29 is 9.53 Å². The monoisotopic (exact) mass is 288 g/mol. The van der Waals surface area contributed by atoms with E-state index >= 15 is 0 Å². The summed E-state index contributed by atoms with van der Waals surface area (Å²) in [4.78, 5) is 11.9. The Morgan fingerprint density at radius 1 is 1.43 bits per heavy atom. The summed E-state index contributed by atoms with van der Waals surface area (Å²) in [5, 5.41) is 10.1. The summed E-state index contributed by atoms with van der Waals surface area (Å²) >= 11 is 0. The van der Waals surface area contributed by atoms with Crippen molar-refractivity contribution in [2.24, 2.45) is 0 Å². The number of ether oxygens (including phenoxy) is 1. The van der Waals surface area contributed by atoms with E-state index in [2.05, 4.69) is 15.7 Å². The molecule has 6 nitrogen and oxygen atoms in total. The molecule has 0 radical (unpaired) electrons. The zero-order valence-electron chi connectivity index (χ0n) is 12.2. The molecule has 0 aliphatic carbocycles. The van der Waals surface area contributed by atoms with Crippen LogP contribution in [0.2, 0.25) is 0 Å². The van der Waals surface area contributed by atoms with Gasteiger partial charge in [-0.15, -0.1) is 0 Å². The number of hydrogen-bond donors (Lipinski definition) is 2. The number of aromatic nitrogens is 2. The molecule has 0 bridgehead atoms. The molecule has 1 amide bonds. The molecule has 0 saturated carbocycles. The lowest BCUT2D eigenvalue weighted by molar-refractivity contribution is -0.115. The summed E-state index contributed by atoms with van der Waals surface area (Å²) in [6, 6.07) is 9.31. The second-order valence-electron chi connectivity index (χ2n) is 4.79. The Bertz CT molecular complexity index is 569. The van der Waals surface area contributed by atoms with E-state index in [0.29, 0.717) is 5.75 Å². The molecule has 0 spiro atoms. The van der Waals surface area contributed by atoms with E-state index in [1.165, 1.54) is 0 Å². The van der Waals surface area contributed by atoms with Crippen LogP contribution in [0.3, 0.4) is 0 Å². The molecule has 2 rings (SSSR count). The zero-order valence-corrected chi connectivity index (χ0v) is 12.2. The largest absolute Gasteiger partial charge is 0.497 e. The third-order valence-corrected chi connectivity index (χ3v) is 2.98. The van der Waals surface area contributed by atoms with Crippen LogP contribution in [-0.4, -0.2) is 35.4 Å². The van der Waals surface area contributed by atoms with E-state index in [0.717, 1.165) is 12.2 Å². The van der Waals surface area contributed by atoms with Crippen LogP contribution in [0, 0.1) is 0 Å². The average Bonchev–Trinajstić information content (AvgIpc) is 2.98. The van der Waals surface area contributed by atoms with E-state index in [4.69, 9.17) is 4.74 Å². The van der Waals surface area contributed by atoms with E-state index in [1.54, 1.807) is 19.4 Å². The first-order valence-electron chi connectivity index (χ1n) is 6.82. The SMILES string of the molecule is COc1cccc(NC(=O)CNC(C)Cn2cccn2)c1. The molecule has 1 atom stereocenters. The van der Waals surface area contributed by atoms with Crippen molar-refractivity contribution in [3.63, 3.8) is 0 Å². The number of benzene rings is 1. The molecule has 6 heteroatoms. The first-order chi connectivity index (χ1) is 10.2. The zero-order chi connectivity index (χ0) is 15.1. The molecule has 1 aromatic heterocycles. The van der Waals surface area contributed by atoms with Crippen LogP contribution >= 0.6 is 0 Å². The number of amides is 1. The third kappa shape index (κ3) is 4.92. The average molecular weight is 288 g/mol. The summed E-state index contributed by atoms with van der Waals surface area (Å²) in [6.07, 6.45) is 3.64. The molecule has 1 heterocycles. The summed E-state index contributed by atoms with van der Waals surface area (Å²) in [6.45, 7) is 2.99. The first kappa shape index (κ1) is 15.1. The number of carbonyl (C=O) groups excluding carboxylic acids is 1. The molecule has 1 unspecified atom stereocenters. The van der Waals surface area contributed by atoms with Gasteiger partial charge in [-0.1, -0.05) is 6.07 Å². The fourth-order valence-corrected chi connectivity index (χ4v) is 1.93. The topological polar surface area (TPSA) is 68.2 Å². The summed E-state index contributed by atoms with van der Waals surface area (Å²) < 4.78 is 6.95. The van der Waals surface area contributed by atoms with E-state index in [9.17, 15) is 4.79 Å². The second-order valence-corrected chi connectivity index (χ2v) is 4.79. The van der Waals surface area contributed by atoms with Crippen molar-refractivity contribution in [1.29, 1.82) is 0 Å². The van der Waals surface area contributed by atoms with Gasteiger partial charge in [0.25, 0.3) is 0 Å². The van der Waals surface area contributed by atoms with Crippen molar-refractivity contribution in [2.75, 3.05) is 19.0 Å². The summed E-state index contributed by atoms with van der Waals surface area (Å²) in [5.41, 5.74) is 0.723. The van der Waals surface area contributed by atoms with Gasteiger partial charge in [-0.3, -0.25) is 9.48 Å². The minimum atomic E-state index is -0.0874. The smallest absolute Gasteiger partial charge is 0.238 e. The molecule has 2 aromatic rings. The van der Waals surface area contributed by atoms with Crippen LogP contribution in [0.25, 0.3) is 0 Å². The van der Waals surface area contributed by atoms with Crippen molar-refractivity contribution in [3.8, 4) is 5.75 Å². The van der Waals surface area contributed by atoms with Gasteiger partial charge in [-0.25, -0.2) is 0 Å². The van der Waals surface area contributed by atoms with Gasteiger partial charge in [0.05, 0.1) is 20.2 Å². The van der Waals surface area contributed by atoms with Crippen molar-refractivity contribution in [2.45, 2.75) is 19.5 Å². The number of anilines is 1. The number of hydrogen-bond acceptors (Lipinski definition) is 4. The maximum Gasteiger partial charge on any atom is 0.238 e. The van der Waals surface area contributed by atoms with Gasteiger partial charge in [-0.05, 0) is 25.1 Å². The molecule has 21 heavy (non-hydrogen) atoms. The highest BCUT2D eigenvalue weighted by molar-refractivity contribution is 5.92. The number of methoxy groups -OCH3 is 1. The quantitative estimate of drug-likeness (QED) is 0.810. The predicted molar refractivity (Wildman–Crippen MR) is 81.3 cm³/mol. The molecule has 112 valence electrons. The number of carbonyl (C=O) groups is 1. The minimum Gasteiger partial charge on any atom is -0.497 e. The fraction of sp³-hybridized carbons (Fsp3) is 0.333. The molecule has 1 aromatic carbocycles. The Hall–Kier alpha value is -2.34. The van der Waals surface area contributed by atoms with Gasteiger partial charge >= 0.3 is 0 Å². The molecule has 0 saturated heterocycles. The van der Waals surface area contributed by atoms with Gasteiger partial charge in [0, 0.05) is 30.2 Å². The third-order valence-electron chi connectivity index (χ3n) is 2.98. The van der Waals surface area contributed by atoms with Crippen LogP contribution in [0.15, 0.2) is 42.7 Å². The maximum atomic E-state index is 11.9. The highest BCUT2D eigenvalue weighted by Gasteiger charge is 2.07. The summed E-state index contributed by atoms with van der Waals surface area (Å²) in [7, 11) is 1.60. The highest BCUT2D eigenvalue weighted by Crippen LogP contribution is 2.16. The first-order valence-corrected chi connectivity index (χ1v) is 6.82. The molecule has 0 fully saturated rings. The number of rotatable bonds is 7. The van der Waals surface area contributed by atoms with Crippen LogP contribution in [0.5, 0.6) is 5.75 Å². The highest BCUT2D eigenvalue weighted by atomic mass is 16.5. The Morgan fingerprint density at radius 2 is 2.29 bits per heavy atom. The van der Waals surface area contributed by atoms with Crippen LogP contribution in [0.1, 0.15) is 6.92 Å². The fourth-order valence-electron chi connectivity index (χ4n) is 1.93.